The van der Waals surface area contributed by atoms with E-state index in [9.17, 15) is 4.79 Å². The second kappa shape index (κ2) is 6.02. The molecule has 0 aliphatic carbocycles. The average Bonchev–Trinajstić information content (AvgIpc) is 3.33. The van der Waals surface area contributed by atoms with Gasteiger partial charge in [0.05, 0.1) is 6.20 Å². The lowest BCUT2D eigenvalue weighted by molar-refractivity contribution is 0.0740. The summed E-state index contributed by atoms with van der Waals surface area (Å²) < 4.78 is 1.39. The molecule has 122 valence electrons. The lowest BCUT2D eigenvalue weighted by Gasteiger charge is -2.34. The summed E-state index contributed by atoms with van der Waals surface area (Å²) in [6.07, 6.45) is 6.45. The molecular formula is C13H14N10O. The fraction of sp³-hybridized carbons (Fsp3) is 0.308. The van der Waals surface area contributed by atoms with Crippen molar-refractivity contribution in [3.8, 4) is 5.82 Å². The number of aromatic amines is 1. The molecule has 1 saturated heterocycles. The zero-order valence-corrected chi connectivity index (χ0v) is 12.6. The highest BCUT2D eigenvalue weighted by Crippen LogP contribution is 2.14. The van der Waals surface area contributed by atoms with Gasteiger partial charge in [0.15, 0.2) is 5.82 Å². The highest BCUT2D eigenvalue weighted by Gasteiger charge is 2.24. The van der Waals surface area contributed by atoms with Gasteiger partial charge in [-0.15, -0.1) is 5.10 Å². The lowest BCUT2D eigenvalue weighted by atomic mass is 10.2. The molecule has 1 amide bonds. The fourth-order valence-corrected chi connectivity index (χ4v) is 2.57. The summed E-state index contributed by atoms with van der Waals surface area (Å²) in [4.78, 5) is 24.8. The molecule has 24 heavy (non-hydrogen) atoms. The van der Waals surface area contributed by atoms with Crippen LogP contribution in [0.15, 0.2) is 31.0 Å². The Hall–Kier alpha value is -3.37. The maximum Gasteiger partial charge on any atom is 0.272 e. The van der Waals surface area contributed by atoms with Crippen molar-refractivity contribution in [2.45, 2.75) is 0 Å². The number of H-pyrrole nitrogens is 1. The highest BCUT2D eigenvalue weighted by atomic mass is 16.2. The van der Waals surface area contributed by atoms with E-state index in [0.29, 0.717) is 37.7 Å². The van der Waals surface area contributed by atoms with Crippen molar-refractivity contribution in [1.82, 2.24) is 45.3 Å². The van der Waals surface area contributed by atoms with Gasteiger partial charge in [0, 0.05) is 44.6 Å². The molecule has 0 radical (unpaired) electrons. The molecule has 1 aliphatic heterocycles. The van der Waals surface area contributed by atoms with Gasteiger partial charge in [-0.1, -0.05) is 0 Å². The molecular weight excluding hydrogens is 312 g/mol. The first-order chi connectivity index (χ1) is 11.8. The molecule has 0 bridgehead atoms. The van der Waals surface area contributed by atoms with E-state index in [2.05, 4.69) is 40.6 Å². The Labute approximate surface area is 136 Å². The predicted octanol–water partition coefficient (Wildman–Crippen LogP) is -0.862. The topological polar surface area (TPSA) is 122 Å². The van der Waals surface area contributed by atoms with Crippen molar-refractivity contribution in [3.05, 3.63) is 36.7 Å². The Morgan fingerprint density at radius 2 is 2.00 bits per heavy atom. The number of hydrogen-bond donors (Lipinski definition) is 1. The summed E-state index contributed by atoms with van der Waals surface area (Å²) in [6.45, 7) is 2.63. The van der Waals surface area contributed by atoms with Gasteiger partial charge >= 0.3 is 0 Å². The Bertz CT molecular complexity index is 806. The van der Waals surface area contributed by atoms with Gasteiger partial charge in [0.2, 0.25) is 0 Å². The number of anilines is 1. The van der Waals surface area contributed by atoms with Gasteiger partial charge in [0.1, 0.15) is 17.8 Å². The Kier molecular flexibility index (Phi) is 3.57. The largest absolute Gasteiger partial charge is 0.352 e. The molecule has 3 aromatic rings. The van der Waals surface area contributed by atoms with Crippen molar-refractivity contribution in [2.75, 3.05) is 31.1 Å². The summed E-state index contributed by atoms with van der Waals surface area (Å²) in [5.74, 6) is 1.20. The summed E-state index contributed by atoms with van der Waals surface area (Å²) in [5.41, 5.74) is 0.411. The third kappa shape index (κ3) is 2.66. The predicted molar refractivity (Wildman–Crippen MR) is 81.4 cm³/mol. The Morgan fingerprint density at radius 3 is 2.71 bits per heavy atom. The van der Waals surface area contributed by atoms with E-state index in [1.165, 1.54) is 11.0 Å². The number of carbonyl (C=O) groups excluding carboxylic acids is 1. The van der Waals surface area contributed by atoms with E-state index in [0.717, 1.165) is 5.82 Å². The standard InChI is InChI=1S/C13H14N10O/c24-13(10-7-11(18-17-10)23-9-16-19-20-23)22-5-3-21(4-6-22)12-8-14-1-2-15-12/h1-2,7-9H,3-6H2,(H,17,18). The van der Waals surface area contributed by atoms with Gasteiger partial charge in [-0.2, -0.15) is 9.78 Å². The SMILES string of the molecule is O=C(c1cc(-n2cnnn2)n[nH]1)N1CCN(c2cnccn2)CC1. The van der Waals surface area contributed by atoms with Crippen LogP contribution in [0.1, 0.15) is 10.5 Å². The highest BCUT2D eigenvalue weighted by molar-refractivity contribution is 5.92. The summed E-state index contributed by atoms with van der Waals surface area (Å²) in [6, 6.07) is 1.63. The number of nitrogens with one attached hydrogen (secondary N) is 1. The number of amides is 1. The van der Waals surface area contributed by atoms with Crippen LogP contribution >= 0.6 is 0 Å². The average molecular weight is 326 g/mol. The molecule has 1 aliphatic rings. The van der Waals surface area contributed by atoms with Crippen molar-refractivity contribution in [2.24, 2.45) is 0 Å². The van der Waals surface area contributed by atoms with Crippen molar-refractivity contribution in [1.29, 1.82) is 0 Å². The van der Waals surface area contributed by atoms with E-state index < -0.39 is 0 Å². The minimum absolute atomic E-state index is 0.0966. The molecule has 0 spiro atoms. The maximum atomic E-state index is 12.6. The smallest absolute Gasteiger partial charge is 0.272 e. The zero-order valence-electron chi connectivity index (χ0n) is 12.6. The molecule has 11 heteroatoms. The molecule has 0 saturated carbocycles. The molecule has 11 nitrogen and oxygen atoms in total. The van der Waals surface area contributed by atoms with Crippen molar-refractivity contribution >= 4 is 11.7 Å². The number of piperazine rings is 1. The van der Waals surface area contributed by atoms with Gasteiger partial charge in [-0.3, -0.25) is 14.9 Å². The summed E-state index contributed by atoms with van der Waals surface area (Å²) in [7, 11) is 0. The van der Waals surface area contributed by atoms with Crippen LogP contribution in [-0.2, 0) is 0 Å². The van der Waals surface area contributed by atoms with Gasteiger partial charge in [-0.25, -0.2) is 4.98 Å². The molecule has 1 fully saturated rings. The van der Waals surface area contributed by atoms with E-state index in [-0.39, 0.29) is 5.91 Å². The molecule has 3 aromatic heterocycles. The molecule has 4 heterocycles. The van der Waals surface area contributed by atoms with E-state index in [4.69, 9.17) is 0 Å². The second-order valence-corrected chi connectivity index (χ2v) is 5.24. The normalized spacial score (nSPS) is 14.8. The van der Waals surface area contributed by atoms with Crippen LogP contribution in [-0.4, -0.2) is 77.4 Å². The van der Waals surface area contributed by atoms with Crippen LogP contribution in [0.5, 0.6) is 0 Å². The minimum Gasteiger partial charge on any atom is -0.352 e. The Balaban J connectivity index is 1.41. The molecule has 0 aromatic carbocycles. The van der Waals surface area contributed by atoms with E-state index in [1.807, 2.05) is 0 Å². The molecule has 0 unspecified atom stereocenters. The summed E-state index contributed by atoms with van der Waals surface area (Å²) in [5, 5.41) is 17.6. The minimum atomic E-state index is -0.0966. The van der Waals surface area contributed by atoms with E-state index >= 15 is 0 Å². The van der Waals surface area contributed by atoms with Gasteiger partial charge in [0.25, 0.3) is 5.91 Å². The first kappa shape index (κ1) is 14.2. The van der Waals surface area contributed by atoms with Crippen LogP contribution in [0.25, 0.3) is 5.82 Å². The number of aromatic nitrogens is 8. The maximum absolute atomic E-state index is 12.6. The number of tetrazole rings is 1. The number of rotatable bonds is 3. The Morgan fingerprint density at radius 1 is 1.12 bits per heavy atom. The van der Waals surface area contributed by atoms with Crippen LogP contribution in [0.3, 0.4) is 0 Å². The van der Waals surface area contributed by atoms with Crippen LogP contribution in [0.4, 0.5) is 5.82 Å². The van der Waals surface area contributed by atoms with E-state index in [1.54, 1.807) is 29.6 Å². The first-order valence-electron chi connectivity index (χ1n) is 7.40. The van der Waals surface area contributed by atoms with Crippen LogP contribution in [0.2, 0.25) is 0 Å². The second-order valence-electron chi connectivity index (χ2n) is 5.24. The molecule has 1 N–H and O–H groups in total. The molecule has 4 rings (SSSR count). The first-order valence-corrected chi connectivity index (χ1v) is 7.40. The fourth-order valence-electron chi connectivity index (χ4n) is 2.57. The third-order valence-electron chi connectivity index (χ3n) is 3.82. The van der Waals surface area contributed by atoms with Crippen molar-refractivity contribution in [3.63, 3.8) is 0 Å². The quantitative estimate of drug-likeness (QED) is 0.659. The zero-order chi connectivity index (χ0) is 16.4. The molecule has 0 atom stereocenters. The monoisotopic (exact) mass is 326 g/mol. The van der Waals surface area contributed by atoms with Gasteiger partial charge in [-0.05, 0) is 10.4 Å². The lowest BCUT2D eigenvalue weighted by Crippen LogP contribution is -2.49. The number of nitrogens with zero attached hydrogens (tertiary/aromatic N) is 9. The third-order valence-corrected chi connectivity index (χ3v) is 3.82. The van der Waals surface area contributed by atoms with Crippen LogP contribution < -0.4 is 4.90 Å². The summed E-state index contributed by atoms with van der Waals surface area (Å²) >= 11 is 0. The number of hydrogen-bond acceptors (Lipinski definition) is 8. The van der Waals surface area contributed by atoms with Crippen molar-refractivity contribution < 1.29 is 4.79 Å². The van der Waals surface area contributed by atoms with Gasteiger partial charge < -0.3 is 9.80 Å². The number of carbonyl (C=O) groups is 1. The van der Waals surface area contributed by atoms with Crippen LogP contribution in [0, 0.1) is 0 Å².